The van der Waals surface area contributed by atoms with Crippen molar-refractivity contribution >= 4 is 27.5 Å². The number of anilines is 1. The number of aromatic amines is 1. The fourth-order valence-corrected chi connectivity index (χ4v) is 1.98. The van der Waals surface area contributed by atoms with Gasteiger partial charge in [-0.25, -0.2) is 0 Å². The summed E-state index contributed by atoms with van der Waals surface area (Å²) in [4.78, 5) is 14.8. The Bertz CT molecular complexity index is 534. The van der Waals surface area contributed by atoms with Gasteiger partial charge >= 0.3 is 0 Å². The topological polar surface area (TPSA) is 44.9 Å². The zero-order chi connectivity index (χ0) is 12.3. The highest BCUT2D eigenvalue weighted by Crippen LogP contribution is 2.17. The Labute approximate surface area is 108 Å². The second-order valence-electron chi connectivity index (χ2n) is 3.70. The lowest BCUT2D eigenvalue weighted by atomic mass is 10.1. The molecule has 0 atom stereocenters. The van der Waals surface area contributed by atoms with E-state index in [0.717, 1.165) is 22.1 Å². The van der Waals surface area contributed by atoms with Crippen LogP contribution in [0, 0.1) is 0 Å². The third-order valence-corrected chi connectivity index (χ3v) is 3.00. The molecule has 0 aliphatic heterocycles. The summed E-state index contributed by atoms with van der Waals surface area (Å²) in [5.41, 5.74) is 2.54. The summed E-state index contributed by atoms with van der Waals surface area (Å²) in [6.07, 6.45) is 2.63. The van der Waals surface area contributed by atoms with Gasteiger partial charge in [-0.3, -0.25) is 4.79 Å². The zero-order valence-corrected chi connectivity index (χ0v) is 11.0. The van der Waals surface area contributed by atoms with Gasteiger partial charge in [0.05, 0.1) is 0 Å². The highest BCUT2D eigenvalue weighted by atomic mass is 79.9. The van der Waals surface area contributed by atoms with E-state index in [2.05, 4.69) is 33.2 Å². The van der Waals surface area contributed by atoms with Crippen LogP contribution in [0.15, 0.2) is 41.0 Å². The number of para-hydroxylation sites is 1. The number of hydrogen-bond acceptors (Lipinski definition) is 1. The first-order valence-corrected chi connectivity index (χ1v) is 6.23. The van der Waals surface area contributed by atoms with Gasteiger partial charge in [0, 0.05) is 16.4 Å². The number of carbonyl (C=O) groups is 1. The Balaban J connectivity index is 2.18. The predicted octanol–water partition coefficient (Wildman–Crippen LogP) is 3.59. The maximum absolute atomic E-state index is 11.9. The SMILES string of the molecule is CCc1ccccc1NC(=O)c1cc(Br)c[nH]1. The summed E-state index contributed by atoms with van der Waals surface area (Å²) in [6.45, 7) is 2.07. The van der Waals surface area contributed by atoms with Crippen molar-refractivity contribution in [2.75, 3.05) is 5.32 Å². The lowest BCUT2D eigenvalue weighted by Gasteiger charge is -2.08. The van der Waals surface area contributed by atoms with Crippen molar-refractivity contribution in [1.82, 2.24) is 4.98 Å². The van der Waals surface area contributed by atoms with E-state index in [1.54, 1.807) is 12.3 Å². The van der Waals surface area contributed by atoms with E-state index in [1.165, 1.54) is 0 Å². The average Bonchev–Trinajstić information content (AvgIpc) is 2.77. The monoisotopic (exact) mass is 292 g/mol. The Hall–Kier alpha value is -1.55. The first kappa shape index (κ1) is 11.9. The molecule has 1 amide bonds. The van der Waals surface area contributed by atoms with Crippen LogP contribution in [0.3, 0.4) is 0 Å². The fourth-order valence-electron chi connectivity index (χ4n) is 1.64. The molecule has 3 nitrogen and oxygen atoms in total. The number of rotatable bonds is 3. The van der Waals surface area contributed by atoms with Gasteiger partial charge in [-0.15, -0.1) is 0 Å². The van der Waals surface area contributed by atoms with Crippen LogP contribution in [0.1, 0.15) is 23.0 Å². The number of H-pyrrole nitrogens is 1. The second kappa shape index (κ2) is 5.19. The van der Waals surface area contributed by atoms with E-state index in [-0.39, 0.29) is 5.91 Å². The predicted molar refractivity (Wildman–Crippen MR) is 72.3 cm³/mol. The number of halogens is 1. The van der Waals surface area contributed by atoms with Crippen molar-refractivity contribution in [3.63, 3.8) is 0 Å². The summed E-state index contributed by atoms with van der Waals surface area (Å²) in [6, 6.07) is 9.57. The van der Waals surface area contributed by atoms with Crippen LogP contribution in [0.4, 0.5) is 5.69 Å². The highest BCUT2D eigenvalue weighted by molar-refractivity contribution is 9.10. The van der Waals surface area contributed by atoms with E-state index >= 15 is 0 Å². The summed E-state index contributed by atoms with van der Waals surface area (Å²) in [5.74, 6) is -0.128. The van der Waals surface area contributed by atoms with Crippen LogP contribution in [-0.2, 0) is 6.42 Å². The maximum Gasteiger partial charge on any atom is 0.272 e. The number of aryl methyl sites for hydroxylation is 1. The van der Waals surface area contributed by atoms with Crippen molar-refractivity contribution < 1.29 is 4.79 Å². The molecule has 0 spiro atoms. The Kier molecular flexibility index (Phi) is 3.64. The van der Waals surface area contributed by atoms with Crippen LogP contribution in [0.25, 0.3) is 0 Å². The van der Waals surface area contributed by atoms with Gasteiger partial charge in [-0.05, 0) is 40.0 Å². The number of carbonyl (C=O) groups excluding carboxylic acids is 1. The molecule has 2 aromatic rings. The first-order chi connectivity index (χ1) is 8.20. The molecule has 1 aromatic heterocycles. The van der Waals surface area contributed by atoms with Crippen molar-refractivity contribution in [2.24, 2.45) is 0 Å². The molecular formula is C13H13BrN2O. The molecule has 1 aromatic carbocycles. The van der Waals surface area contributed by atoms with Gasteiger partial charge in [0.15, 0.2) is 0 Å². The average molecular weight is 293 g/mol. The highest BCUT2D eigenvalue weighted by Gasteiger charge is 2.09. The molecule has 0 aliphatic rings. The largest absolute Gasteiger partial charge is 0.356 e. The summed E-state index contributed by atoms with van der Waals surface area (Å²) >= 11 is 3.30. The number of benzene rings is 1. The van der Waals surface area contributed by atoms with Gasteiger partial charge in [0.1, 0.15) is 5.69 Å². The van der Waals surface area contributed by atoms with Crippen molar-refractivity contribution in [2.45, 2.75) is 13.3 Å². The molecule has 2 N–H and O–H groups in total. The lowest BCUT2D eigenvalue weighted by Crippen LogP contribution is -2.13. The third-order valence-electron chi connectivity index (χ3n) is 2.54. The minimum Gasteiger partial charge on any atom is -0.356 e. The summed E-state index contributed by atoms with van der Waals surface area (Å²) < 4.78 is 0.867. The number of amides is 1. The Morgan fingerprint density at radius 1 is 1.41 bits per heavy atom. The van der Waals surface area contributed by atoms with Gasteiger partial charge in [-0.1, -0.05) is 25.1 Å². The molecular weight excluding hydrogens is 280 g/mol. The van der Waals surface area contributed by atoms with E-state index in [9.17, 15) is 4.79 Å². The minimum atomic E-state index is -0.128. The van der Waals surface area contributed by atoms with E-state index in [4.69, 9.17) is 0 Å². The van der Waals surface area contributed by atoms with Gasteiger partial charge < -0.3 is 10.3 Å². The van der Waals surface area contributed by atoms with E-state index in [1.807, 2.05) is 24.3 Å². The number of hydrogen-bond donors (Lipinski definition) is 2. The fraction of sp³-hybridized carbons (Fsp3) is 0.154. The van der Waals surface area contributed by atoms with Gasteiger partial charge in [0.25, 0.3) is 5.91 Å². The van der Waals surface area contributed by atoms with Crippen LogP contribution < -0.4 is 5.32 Å². The van der Waals surface area contributed by atoms with Crippen molar-refractivity contribution in [3.05, 3.63) is 52.3 Å². The van der Waals surface area contributed by atoms with Crippen molar-refractivity contribution in [1.29, 1.82) is 0 Å². The molecule has 0 unspecified atom stereocenters. The van der Waals surface area contributed by atoms with E-state index < -0.39 is 0 Å². The standard InChI is InChI=1S/C13H13BrN2O/c1-2-9-5-3-4-6-11(9)16-13(17)12-7-10(14)8-15-12/h3-8,15H,2H2,1H3,(H,16,17). The van der Waals surface area contributed by atoms with Gasteiger partial charge in [-0.2, -0.15) is 0 Å². The number of aromatic nitrogens is 1. The van der Waals surface area contributed by atoms with Crippen LogP contribution >= 0.6 is 15.9 Å². The summed E-state index contributed by atoms with van der Waals surface area (Å²) in [5, 5.41) is 2.90. The molecule has 0 aliphatic carbocycles. The Morgan fingerprint density at radius 3 is 2.82 bits per heavy atom. The van der Waals surface area contributed by atoms with Crippen molar-refractivity contribution in [3.8, 4) is 0 Å². The molecule has 0 fully saturated rings. The smallest absolute Gasteiger partial charge is 0.272 e. The quantitative estimate of drug-likeness (QED) is 0.892. The normalized spacial score (nSPS) is 10.2. The van der Waals surface area contributed by atoms with Crippen LogP contribution in [0.5, 0.6) is 0 Å². The molecule has 0 radical (unpaired) electrons. The molecule has 1 heterocycles. The molecule has 17 heavy (non-hydrogen) atoms. The molecule has 4 heteroatoms. The summed E-state index contributed by atoms with van der Waals surface area (Å²) in [7, 11) is 0. The van der Waals surface area contributed by atoms with Crippen LogP contribution in [0.2, 0.25) is 0 Å². The van der Waals surface area contributed by atoms with Crippen LogP contribution in [-0.4, -0.2) is 10.9 Å². The lowest BCUT2D eigenvalue weighted by molar-refractivity contribution is 0.102. The maximum atomic E-state index is 11.9. The molecule has 2 rings (SSSR count). The first-order valence-electron chi connectivity index (χ1n) is 5.44. The minimum absolute atomic E-state index is 0.128. The molecule has 88 valence electrons. The molecule has 0 bridgehead atoms. The Morgan fingerprint density at radius 2 is 2.18 bits per heavy atom. The molecule has 0 saturated heterocycles. The third kappa shape index (κ3) is 2.77. The number of nitrogens with one attached hydrogen (secondary N) is 2. The zero-order valence-electron chi connectivity index (χ0n) is 9.46. The van der Waals surface area contributed by atoms with Gasteiger partial charge in [0.2, 0.25) is 0 Å². The second-order valence-corrected chi connectivity index (χ2v) is 4.61. The molecule has 0 saturated carbocycles. The van der Waals surface area contributed by atoms with E-state index in [0.29, 0.717) is 5.69 Å².